The van der Waals surface area contributed by atoms with Crippen LogP contribution in [-0.2, 0) is 14.8 Å². The van der Waals surface area contributed by atoms with Gasteiger partial charge in [-0.05, 0) is 43.3 Å². The monoisotopic (exact) mass is 381 g/mol. The van der Waals surface area contributed by atoms with Gasteiger partial charge in [0.25, 0.3) is 0 Å². The van der Waals surface area contributed by atoms with Gasteiger partial charge in [-0.15, -0.1) is 0 Å². The summed E-state index contributed by atoms with van der Waals surface area (Å²) in [7, 11) is -3.56. The number of halogens is 1. The molecule has 0 aromatic heterocycles. The van der Waals surface area contributed by atoms with Crippen molar-refractivity contribution in [1.82, 2.24) is 0 Å². The van der Waals surface area contributed by atoms with Crippen LogP contribution in [-0.4, -0.2) is 32.5 Å². The standard InChI is InChI=1S/C17H16ClNO5S/c1-11(16(20)12-7-9-13(18)10-8-12)24-17(21)14-5-3-4-6-15(14)19-25(2,22)23/h3-11,19H,1-2H3. The first-order valence-corrected chi connectivity index (χ1v) is 9.52. The molecule has 0 aliphatic rings. The number of carbonyl (C=O) groups is 2. The van der Waals surface area contributed by atoms with Crippen LogP contribution >= 0.6 is 11.6 Å². The Bertz CT molecular complexity index is 894. The van der Waals surface area contributed by atoms with E-state index < -0.39 is 27.9 Å². The van der Waals surface area contributed by atoms with Gasteiger partial charge in [0.1, 0.15) is 0 Å². The lowest BCUT2D eigenvalue weighted by molar-refractivity contribution is 0.0320. The first-order chi connectivity index (χ1) is 11.7. The molecular weight excluding hydrogens is 366 g/mol. The van der Waals surface area contributed by atoms with Crippen LogP contribution in [0.15, 0.2) is 48.5 Å². The van der Waals surface area contributed by atoms with Crippen molar-refractivity contribution >= 4 is 39.1 Å². The quantitative estimate of drug-likeness (QED) is 0.613. The summed E-state index contributed by atoms with van der Waals surface area (Å²) in [5.74, 6) is -1.19. The van der Waals surface area contributed by atoms with Gasteiger partial charge in [-0.1, -0.05) is 23.7 Å². The third-order valence-electron chi connectivity index (χ3n) is 3.22. The molecule has 2 aromatic rings. The molecule has 0 radical (unpaired) electrons. The van der Waals surface area contributed by atoms with Crippen LogP contribution in [0.25, 0.3) is 0 Å². The van der Waals surface area contributed by atoms with Gasteiger partial charge >= 0.3 is 5.97 Å². The number of carbonyl (C=O) groups excluding carboxylic acids is 2. The van der Waals surface area contributed by atoms with Gasteiger partial charge < -0.3 is 4.74 Å². The van der Waals surface area contributed by atoms with Crippen LogP contribution in [0.3, 0.4) is 0 Å². The zero-order valence-electron chi connectivity index (χ0n) is 13.5. The largest absolute Gasteiger partial charge is 0.451 e. The molecule has 2 aromatic carbocycles. The normalized spacial score (nSPS) is 12.3. The maximum absolute atomic E-state index is 12.3. The Morgan fingerprint density at radius 2 is 1.68 bits per heavy atom. The van der Waals surface area contributed by atoms with Crippen LogP contribution in [0.2, 0.25) is 5.02 Å². The number of hydrogen-bond acceptors (Lipinski definition) is 5. The van der Waals surface area contributed by atoms with E-state index in [1.807, 2.05) is 0 Å². The molecular formula is C17H16ClNO5S. The number of esters is 1. The van der Waals surface area contributed by atoms with E-state index in [2.05, 4.69) is 4.72 Å². The molecule has 0 heterocycles. The lowest BCUT2D eigenvalue weighted by Crippen LogP contribution is -2.25. The van der Waals surface area contributed by atoms with Crippen LogP contribution in [0.1, 0.15) is 27.6 Å². The number of Topliss-reactive ketones (excluding diaryl/α,β-unsaturated/α-hetero) is 1. The molecule has 0 amide bonds. The molecule has 1 N–H and O–H groups in total. The van der Waals surface area contributed by atoms with Crippen LogP contribution < -0.4 is 4.72 Å². The van der Waals surface area contributed by atoms with Gasteiger partial charge in [0.05, 0.1) is 17.5 Å². The highest BCUT2D eigenvalue weighted by Gasteiger charge is 2.22. The van der Waals surface area contributed by atoms with Crippen molar-refractivity contribution in [2.75, 3.05) is 11.0 Å². The number of ether oxygens (including phenoxy) is 1. The van der Waals surface area contributed by atoms with E-state index in [0.29, 0.717) is 10.6 Å². The summed E-state index contributed by atoms with van der Waals surface area (Å²) in [6.45, 7) is 1.45. The van der Waals surface area contributed by atoms with Gasteiger partial charge in [0, 0.05) is 10.6 Å². The van der Waals surface area contributed by atoms with Crippen molar-refractivity contribution in [3.8, 4) is 0 Å². The zero-order valence-corrected chi connectivity index (χ0v) is 15.1. The Hall–Kier alpha value is -2.38. The molecule has 0 saturated carbocycles. The number of sulfonamides is 1. The molecule has 0 spiro atoms. The fraction of sp³-hybridized carbons (Fsp3) is 0.176. The van der Waals surface area contributed by atoms with E-state index >= 15 is 0 Å². The SMILES string of the molecule is CC(OC(=O)c1ccccc1NS(C)(=O)=O)C(=O)c1ccc(Cl)cc1. The lowest BCUT2D eigenvalue weighted by Gasteiger charge is -2.14. The minimum absolute atomic E-state index is 0.0173. The molecule has 6 nitrogen and oxygen atoms in total. The maximum atomic E-state index is 12.3. The summed E-state index contributed by atoms with van der Waals surface area (Å²) in [4.78, 5) is 24.6. The summed E-state index contributed by atoms with van der Waals surface area (Å²) < 4.78 is 30.2. The summed E-state index contributed by atoms with van der Waals surface area (Å²) in [6.07, 6.45) is -0.0677. The van der Waals surface area contributed by atoms with Crippen molar-refractivity contribution in [1.29, 1.82) is 0 Å². The molecule has 0 aliphatic heterocycles. The second-order valence-corrected chi connectivity index (χ2v) is 7.52. The number of nitrogens with one attached hydrogen (secondary N) is 1. The third kappa shape index (κ3) is 5.30. The van der Waals surface area contributed by atoms with Crippen molar-refractivity contribution in [3.63, 3.8) is 0 Å². The number of anilines is 1. The fourth-order valence-corrected chi connectivity index (χ4v) is 2.78. The van der Waals surface area contributed by atoms with Crippen molar-refractivity contribution in [3.05, 3.63) is 64.7 Å². The average Bonchev–Trinajstić information content (AvgIpc) is 2.53. The van der Waals surface area contributed by atoms with Crippen molar-refractivity contribution in [2.45, 2.75) is 13.0 Å². The molecule has 2 rings (SSSR count). The van der Waals surface area contributed by atoms with Gasteiger partial charge in [0.2, 0.25) is 15.8 Å². The summed E-state index contributed by atoms with van der Waals surface area (Å²) in [5.41, 5.74) is 0.456. The van der Waals surface area contributed by atoms with Gasteiger partial charge in [-0.3, -0.25) is 9.52 Å². The first kappa shape index (κ1) is 19.0. The highest BCUT2D eigenvalue weighted by Crippen LogP contribution is 2.19. The van der Waals surface area contributed by atoms with Crippen molar-refractivity contribution < 1.29 is 22.7 Å². The Morgan fingerprint density at radius 3 is 2.28 bits per heavy atom. The smallest absolute Gasteiger partial charge is 0.340 e. The third-order valence-corrected chi connectivity index (χ3v) is 4.07. The van der Waals surface area contributed by atoms with Gasteiger partial charge in [-0.25, -0.2) is 13.2 Å². The van der Waals surface area contributed by atoms with Crippen LogP contribution in [0.4, 0.5) is 5.69 Å². The predicted octanol–water partition coefficient (Wildman–Crippen LogP) is 3.14. The Labute approximate surface area is 150 Å². The average molecular weight is 382 g/mol. The molecule has 0 saturated heterocycles. The van der Waals surface area contributed by atoms with E-state index in [9.17, 15) is 18.0 Å². The molecule has 1 unspecified atom stereocenters. The van der Waals surface area contributed by atoms with Crippen LogP contribution in [0.5, 0.6) is 0 Å². The zero-order chi connectivity index (χ0) is 18.6. The highest BCUT2D eigenvalue weighted by molar-refractivity contribution is 7.92. The van der Waals surface area contributed by atoms with E-state index in [4.69, 9.17) is 16.3 Å². The number of benzene rings is 2. The van der Waals surface area contributed by atoms with Gasteiger partial charge in [0.15, 0.2) is 6.10 Å². The second kappa shape index (κ2) is 7.67. The molecule has 132 valence electrons. The molecule has 25 heavy (non-hydrogen) atoms. The number of ketones is 1. The maximum Gasteiger partial charge on any atom is 0.340 e. The predicted molar refractivity (Wildman–Crippen MR) is 95.6 cm³/mol. The number of para-hydroxylation sites is 1. The van der Waals surface area contributed by atoms with E-state index in [0.717, 1.165) is 6.26 Å². The number of rotatable bonds is 6. The fourth-order valence-electron chi connectivity index (χ4n) is 2.08. The highest BCUT2D eigenvalue weighted by atomic mass is 35.5. The summed E-state index contributed by atoms with van der Waals surface area (Å²) in [5, 5.41) is 0.488. The molecule has 0 bridgehead atoms. The molecule has 1 atom stereocenters. The Balaban J connectivity index is 2.16. The molecule has 0 aliphatic carbocycles. The topological polar surface area (TPSA) is 89.5 Å². The lowest BCUT2D eigenvalue weighted by atomic mass is 10.1. The Morgan fingerprint density at radius 1 is 1.08 bits per heavy atom. The van der Waals surface area contributed by atoms with Crippen LogP contribution in [0, 0.1) is 0 Å². The molecule has 8 heteroatoms. The van der Waals surface area contributed by atoms with E-state index in [1.54, 1.807) is 24.3 Å². The Kier molecular flexibility index (Phi) is 5.81. The summed E-state index contributed by atoms with van der Waals surface area (Å²) >= 11 is 5.78. The summed E-state index contributed by atoms with van der Waals surface area (Å²) in [6, 6.07) is 12.2. The minimum Gasteiger partial charge on any atom is -0.451 e. The van der Waals surface area contributed by atoms with Gasteiger partial charge in [-0.2, -0.15) is 0 Å². The minimum atomic E-state index is -3.56. The van der Waals surface area contributed by atoms with E-state index in [-0.39, 0.29) is 11.3 Å². The van der Waals surface area contributed by atoms with Crippen molar-refractivity contribution in [2.24, 2.45) is 0 Å². The molecule has 0 fully saturated rings. The number of hydrogen-bond donors (Lipinski definition) is 1. The first-order valence-electron chi connectivity index (χ1n) is 7.25. The second-order valence-electron chi connectivity index (χ2n) is 5.34. The van der Waals surface area contributed by atoms with E-state index in [1.165, 1.54) is 31.2 Å².